The maximum atomic E-state index is 12.0. The Morgan fingerprint density at radius 3 is 2.00 bits per heavy atom. The number of rotatable bonds is 11. The van der Waals surface area contributed by atoms with E-state index in [-0.39, 0.29) is 18.3 Å². The molecule has 1 N–H and O–H groups in total. The predicted octanol–water partition coefficient (Wildman–Crippen LogP) is 5.30. The van der Waals surface area contributed by atoms with E-state index in [2.05, 4.69) is 5.32 Å². The van der Waals surface area contributed by atoms with Gasteiger partial charge in [0.25, 0.3) is 0 Å². The van der Waals surface area contributed by atoms with Crippen molar-refractivity contribution in [1.29, 1.82) is 0 Å². The zero-order chi connectivity index (χ0) is 23.5. The molecule has 0 spiro atoms. The highest BCUT2D eigenvalue weighted by Gasteiger charge is 2.19. The van der Waals surface area contributed by atoms with Crippen LogP contribution in [0.5, 0.6) is 11.5 Å². The molecular weight excluding hydrogens is 418 g/mol. The molecule has 0 bridgehead atoms. The van der Waals surface area contributed by atoms with Gasteiger partial charge in [-0.2, -0.15) is 0 Å². The molecule has 1 amide bonds. The third-order valence-corrected chi connectivity index (χ3v) is 4.88. The number of aryl methyl sites for hydroxylation is 1. The van der Waals surface area contributed by atoms with Crippen molar-refractivity contribution in [1.82, 2.24) is 0 Å². The highest BCUT2D eigenvalue weighted by molar-refractivity contribution is 5.92. The normalized spacial score (nSPS) is 10.4. The lowest BCUT2D eigenvalue weighted by Crippen LogP contribution is -2.13. The van der Waals surface area contributed by atoms with E-state index in [9.17, 15) is 9.59 Å². The van der Waals surface area contributed by atoms with Gasteiger partial charge in [-0.1, -0.05) is 66.7 Å². The summed E-state index contributed by atoms with van der Waals surface area (Å²) < 4.78 is 17.3. The number of carbonyl (C=O) groups excluding carboxylic acids is 2. The summed E-state index contributed by atoms with van der Waals surface area (Å²) in [6.45, 7) is 4.19. The van der Waals surface area contributed by atoms with Crippen LogP contribution < -0.4 is 14.8 Å². The van der Waals surface area contributed by atoms with Crippen molar-refractivity contribution in [3.8, 4) is 11.5 Å². The van der Waals surface area contributed by atoms with Gasteiger partial charge in [0.1, 0.15) is 13.2 Å². The lowest BCUT2D eigenvalue weighted by atomic mass is 10.1. The van der Waals surface area contributed by atoms with E-state index in [0.29, 0.717) is 43.4 Å². The number of amides is 1. The van der Waals surface area contributed by atoms with Crippen molar-refractivity contribution in [2.45, 2.75) is 39.9 Å². The summed E-state index contributed by atoms with van der Waals surface area (Å²) in [7, 11) is 0. The lowest BCUT2D eigenvalue weighted by molar-refractivity contribution is -0.143. The van der Waals surface area contributed by atoms with Gasteiger partial charge in [-0.3, -0.25) is 9.59 Å². The summed E-state index contributed by atoms with van der Waals surface area (Å²) >= 11 is 0. The fourth-order valence-corrected chi connectivity index (χ4v) is 3.32. The molecule has 3 rings (SSSR count). The standard InChI is InChI=1S/C27H29NO5/c1-3-31-25(30)17-15-23-14-16-24(32-18-21-10-6-4-7-11-21)27(26(23)28-20(2)29)33-19-22-12-8-5-9-13-22/h4-14,16H,3,15,17-19H2,1-2H3,(H,28,29). The third kappa shape index (κ3) is 7.38. The van der Waals surface area contributed by atoms with Crippen molar-refractivity contribution < 1.29 is 23.8 Å². The highest BCUT2D eigenvalue weighted by atomic mass is 16.5. The Labute approximate surface area is 194 Å². The molecule has 0 radical (unpaired) electrons. The Morgan fingerprint density at radius 2 is 1.42 bits per heavy atom. The first kappa shape index (κ1) is 23.9. The fraction of sp³-hybridized carbons (Fsp3) is 0.259. The van der Waals surface area contributed by atoms with Crippen molar-refractivity contribution in [3.05, 3.63) is 89.5 Å². The molecule has 3 aromatic carbocycles. The summed E-state index contributed by atoms with van der Waals surface area (Å²) in [6, 6.07) is 23.2. The maximum absolute atomic E-state index is 12.0. The number of hydrogen-bond donors (Lipinski definition) is 1. The Bertz CT molecular complexity index is 1050. The first-order valence-electron chi connectivity index (χ1n) is 11.0. The molecular formula is C27H29NO5. The molecule has 0 aliphatic carbocycles. The van der Waals surface area contributed by atoms with E-state index in [1.165, 1.54) is 6.92 Å². The summed E-state index contributed by atoms with van der Waals surface area (Å²) in [5, 5.41) is 2.88. The molecule has 0 heterocycles. The molecule has 0 atom stereocenters. The van der Waals surface area contributed by atoms with Crippen LogP contribution in [0.3, 0.4) is 0 Å². The first-order chi connectivity index (χ1) is 16.1. The number of carbonyl (C=O) groups is 2. The molecule has 33 heavy (non-hydrogen) atoms. The van der Waals surface area contributed by atoms with Crippen LogP contribution in [0.25, 0.3) is 0 Å². The summed E-state index contributed by atoms with van der Waals surface area (Å²) in [6.07, 6.45) is 0.595. The van der Waals surface area contributed by atoms with E-state index in [1.807, 2.05) is 72.8 Å². The van der Waals surface area contributed by atoms with Crippen LogP contribution in [0.15, 0.2) is 72.8 Å². The number of anilines is 1. The second-order valence-electron chi connectivity index (χ2n) is 7.46. The van der Waals surface area contributed by atoms with Gasteiger partial charge in [-0.05, 0) is 36.1 Å². The molecule has 3 aromatic rings. The Hall–Kier alpha value is -3.80. The van der Waals surface area contributed by atoms with Gasteiger partial charge in [0.05, 0.1) is 12.3 Å². The van der Waals surface area contributed by atoms with Crippen LogP contribution in [0, 0.1) is 0 Å². The Balaban J connectivity index is 1.91. The largest absolute Gasteiger partial charge is 0.485 e. The molecule has 0 aromatic heterocycles. The number of esters is 1. The summed E-state index contributed by atoms with van der Waals surface area (Å²) in [5.74, 6) is 0.421. The number of nitrogens with one attached hydrogen (secondary N) is 1. The second kappa shape index (κ2) is 12.3. The van der Waals surface area contributed by atoms with Gasteiger partial charge in [-0.25, -0.2) is 0 Å². The zero-order valence-electron chi connectivity index (χ0n) is 19.0. The van der Waals surface area contributed by atoms with E-state index >= 15 is 0 Å². The van der Waals surface area contributed by atoms with Crippen LogP contribution in [-0.2, 0) is 34.0 Å². The molecule has 0 unspecified atom stereocenters. The molecule has 0 saturated heterocycles. The topological polar surface area (TPSA) is 73.9 Å². The molecule has 172 valence electrons. The van der Waals surface area contributed by atoms with Crippen LogP contribution in [0.1, 0.15) is 37.0 Å². The maximum Gasteiger partial charge on any atom is 0.306 e. The Morgan fingerprint density at radius 1 is 0.818 bits per heavy atom. The van der Waals surface area contributed by atoms with Gasteiger partial charge in [0, 0.05) is 13.3 Å². The van der Waals surface area contributed by atoms with Crippen LogP contribution in [-0.4, -0.2) is 18.5 Å². The van der Waals surface area contributed by atoms with Gasteiger partial charge in [0.15, 0.2) is 11.5 Å². The van der Waals surface area contributed by atoms with Crippen molar-refractivity contribution in [2.75, 3.05) is 11.9 Å². The minimum Gasteiger partial charge on any atom is -0.485 e. The van der Waals surface area contributed by atoms with Crippen molar-refractivity contribution >= 4 is 17.6 Å². The minimum absolute atomic E-state index is 0.197. The van der Waals surface area contributed by atoms with E-state index < -0.39 is 0 Å². The molecule has 0 fully saturated rings. The highest BCUT2D eigenvalue weighted by Crippen LogP contribution is 2.40. The first-order valence-corrected chi connectivity index (χ1v) is 11.0. The predicted molar refractivity (Wildman–Crippen MR) is 127 cm³/mol. The molecule has 0 aliphatic rings. The minimum atomic E-state index is -0.289. The van der Waals surface area contributed by atoms with Gasteiger partial charge in [-0.15, -0.1) is 0 Å². The SMILES string of the molecule is CCOC(=O)CCc1ccc(OCc2ccccc2)c(OCc2ccccc2)c1NC(C)=O. The summed E-state index contributed by atoms with van der Waals surface area (Å²) in [5.41, 5.74) is 3.28. The van der Waals surface area contributed by atoms with Crippen LogP contribution in [0.2, 0.25) is 0 Å². The van der Waals surface area contributed by atoms with E-state index in [0.717, 1.165) is 16.7 Å². The van der Waals surface area contributed by atoms with E-state index in [1.54, 1.807) is 6.92 Å². The van der Waals surface area contributed by atoms with Crippen LogP contribution in [0.4, 0.5) is 5.69 Å². The van der Waals surface area contributed by atoms with E-state index in [4.69, 9.17) is 14.2 Å². The average Bonchev–Trinajstić information content (AvgIpc) is 2.82. The number of ether oxygens (including phenoxy) is 3. The van der Waals surface area contributed by atoms with Crippen molar-refractivity contribution in [2.24, 2.45) is 0 Å². The Kier molecular flexibility index (Phi) is 8.88. The van der Waals surface area contributed by atoms with Crippen molar-refractivity contribution in [3.63, 3.8) is 0 Å². The second-order valence-corrected chi connectivity index (χ2v) is 7.46. The lowest BCUT2D eigenvalue weighted by Gasteiger charge is -2.20. The summed E-state index contributed by atoms with van der Waals surface area (Å²) in [4.78, 5) is 23.9. The van der Waals surface area contributed by atoms with Gasteiger partial charge >= 0.3 is 5.97 Å². The molecule has 6 heteroatoms. The molecule has 0 saturated carbocycles. The fourth-order valence-electron chi connectivity index (χ4n) is 3.32. The van der Waals surface area contributed by atoms with Gasteiger partial charge < -0.3 is 19.5 Å². The smallest absolute Gasteiger partial charge is 0.306 e. The monoisotopic (exact) mass is 447 g/mol. The zero-order valence-corrected chi connectivity index (χ0v) is 19.0. The molecule has 6 nitrogen and oxygen atoms in total. The number of hydrogen-bond acceptors (Lipinski definition) is 5. The number of benzene rings is 3. The average molecular weight is 448 g/mol. The quantitative estimate of drug-likeness (QED) is 0.404. The van der Waals surface area contributed by atoms with Crippen LogP contribution >= 0.6 is 0 Å². The van der Waals surface area contributed by atoms with Gasteiger partial charge in [0.2, 0.25) is 5.91 Å². The third-order valence-electron chi connectivity index (χ3n) is 4.88. The molecule has 0 aliphatic heterocycles.